The molecule has 0 aliphatic rings. The Hall–Kier alpha value is -1.28. The number of aromatic nitrogens is 1. The Bertz CT molecular complexity index is 457. The van der Waals surface area contributed by atoms with E-state index in [4.69, 9.17) is 5.11 Å². The second-order valence-electron chi connectivity index (χ2n) is 3.61. The van der Waals surface area contributed by atoms with Crippen LogP contribution >= 0.6 is 0 Å². The maximum Gasteiger partial charge on any atom is 0.0482 e. The third kappa shape index (κ3) is 1.23. The molecule has 0 saturated heterocycles. The van der Waals surface area contributed by atoms with Gasteiger partial charge in [-0.1, -0.05) is 18.2 Å². The van der Waals surface area contributed by atoms with E-state index in [1.807, 2.05) is 12.1 Å². The maximum absolute atomic E-state index is 9.00. The van der Waals surface area contributed by atoms with Crippen molar-refractivity contribution in [3.63, 3.8) is 0 Å². The summed E-state index contributed by atoms with van der Waals surface area (Å²) in [6.07, 6.45) is 0.743. The lowest BCUT2D eigenvalue weighted by Crippen LogP contribution is -1.95. The van der Waals surface area contributed by atoms with E-state index in [2.05, 4.69) is 30.7 Å². The topological polar surface area (TPSA) is 25.2 Å². The monoisotopic (exact) mass is 189 g/mol. The van der Waals surface area contributed by atoms with Gasteiger partial charge in [-0.2, -0.15) is 0 Å². The molecular weight excluding hydrogens is 174 g/mol. The molecule has 0 saturated carbocycles. The summed E-state index contributed by atoms with van der Waals surface area (Å²) >= 11 is 0. The molecule has 0 amide bonds. The third-order valence-corrected chi connectivity index (χ3v) is 2.89. The van der Waals surface area contributed by atoms with Crippen molar-refractivity contribution in [1.29, 1.82) is 0 Å². The molecule has 14 heavy (non-hydrogen) atoms. The minimum Gasteiger partial charge on any atom is -0.396 e. The lowest BCUT2D eigenvalue weighted by atomic mass is 10.1. The van der Waals surface area contributed by atoms with Gasteiger partial charge in [0.15, 0.2) is 0 Å². The standard InChI is InChI=1S/C12H15NO/c1-9-10(7-8-14)11-5-3-4-6-12(11)13(9)2/h3-6,14H,7-8H2,1-2H3. The van der Waals surface area contributed by atoms with Crippen molar-refractivity contribution in [2.24, 2.45) is 7.05 Å². The SMILES string of the molecule is Cc1c(CCO)c2ccccc2n1C. The molecule has 0 bridgehead atoms. The summed E-state index contributed by atoms with van der Waals surface area (Å²) < 4.78 is 2.18. The number of benzene rings is 1. The quantitative estimate of drug-likeness (QED) is 0.768. The molecule has 2 aromatic rings. The first-order chi connectivity index (χ1) is 6.75. The molecule has 74 valence electrons. The van der Waals surface area contributed by atoms with E-state index in [-0.39, 0.29) is 6.61 Å². The van der Waals surface area contributed by atoms with Crippen molar-refractivity contribution < 1.29 is 5.11 Å². The van der Waals surface area contributed by atoms with Gasteiger partial charge in [0.05, 0.1) is 0 Å². The summed E-state index contributed by atoms with van der Waals surface area (Å²) in [5, 5.41) is 10.3. The fraction of sp³-hybridized carbons (Fsp3) is 0.333. The molecule has 0 fully saturated rings. The van der Waals surface area contributed by atoms with Crippen molar-refractivity contribution >= 4 is 10.9 Å². The van der Waals surface area contributed by atoms with Crippen molar-refractivity contribution in [1.82, 2.24) is 4.57 Å². The summed E-state index contributed by atoms with van der Waals surface area (Å²) in [4.78, 5) is 0. The number of aliphatic hydroxyl groups excluding tert-OH is 1. The van der Waals surface area contributed by atoms with E-state index in [0.29, 0.717) is 0 Å². The zero-order valence-electron chi connectivity index (χ0n) is 8.62. The minimum atomic E-state index is 0.217. The van der Waals surface area contributed by atoms with Crippen LogP contribution in [-0.4, -0.2) is 16.3 Å². The van der Waals surface area contributed by atoms with Crippen LogP contribution in [0, 0.1) is 6.92 Å². The van der Waals surface area contributed by atoms with Crippen LogP contribution in [-0.2, 0) is 13.5 Å². The second-order valence-corrected chi connectivity index (χ2v) is 3.61. The number of hydrogen-bond donors (Lipinski definition) is 1. The molecule has 0 radical (unpaired) electrons. The molecule has 1 aromatic carbocycles. The molecule has 0 spiro atoms. The lowest BCUT2D eigenvalue weighted by molar-refractivity contribution is 0.299. The zero-order valence-corrected chi connectivity index (χ0v) is 8.62. The van der Waals surface area contributed by atoms with E-state index >= 15 is 0 Å². The van der Waals surface area contributed by atoms with Crippen molar-refractivity contribution in [3.8, 4) is 0 Å². The molecule has 2 heteroatoms. The molecule has 1 N–H and O–H groups in total. The van der Waals surface area contributed by atoms with Gasteiger partial charge in [-0.15, -0.1) is 0 Å². The number of fused-ring (bicyclic) bond motifs is 1. The van der Waals surface area contributed by atoms with E-state index < -0.39 is 0 Å². The van der Waals surface area contributed by atoms with E-state index in [9.17, 15) is 0 Å². The van der Waals surface area contributed by atoms with E-state index in [1.54, 1.807) is 0 Å². The molecule has 2 nitrogen and oxygen atoms in total. The molecule has 0 unspecified atom stereocenters. The van der Waals surface area contributed by atoms with Gasteiger partial charge < -0.3 is 9.67 Å². The number of aliphatic hydroxyl groups is 1. The van der Waals surface area contributed by atoms with Crippen molar-refractivity contribution in [2.75, 3.05) is 6.61 Å². The van der Waals surface area contributed by atoms with Crippen LogP contribution in [0.4, 0.5) is 0 Å². The predicted octanol–water partition coefficient (Wildman–Crippen LogP) is 2.02. The highest BCUT2D eigenvalue weighted by Gasteiger charge is 2.09. The maximum atomic E-state index is 9.00. The first kappa shape index (κ1) is 9.28. The van der Waals surface area contributed by atoms with E-state index in [0.717, 1.165) is 6.42 Å². The highest BCUT2D eigenvalue weighted by Crippen LogP contribution is 2.24. The van der Waals surface area contributed by atoms with Gasteiger partial charge in [0.2, 0.25) is 0 Å². The Balaban J connectivity index is 2.74. The number of hydrogen-bond acceptors (Lipinski definition) is 1. The normalized spacial score (nSPS) is 11.1. The molecule has 1 aromatic heterocycles. The molecule has 1 heterocycles. The number of rotatable bonds is 2. The Labute approximate surface area is 83.8 Å². The fourth-order valence-electron chi connectivity index (χ4n) is 2.03. The van der Waals surface area contributed by atoms with Crippen LogP contribution in [0.5, 0.6) is 0 Å². The average Bonchev–Trinajstić information content (AvgIpc) is 2.45. The third-order valence-electron chi connectivity index (χ3n) is 2.89. The van der Waals surface area contributed by atoms with Crippen LogP contribution in [0.15, 0.2) is 24.3 Å². The summed E-state index contributed by atoms with van der Waals surface area (Å²) in [6, 6.07) is 8.32. The second kappa shape index (κ2) is 3.46. The first-order valence-electron chi connectivity index (χ1n) is 4.89. The number of para-hydroxylation sites is 1. The van der Waals surface area contributed by atoms with Gasteiger partial charge in [0.1, 0.15) is 0 Å². The largest absolute Gasteiger partial charge is 0.396 e. The summed E-state index contributed by atoms with van der Waals surface area (Å²) in [5.74, 6) is 0. The lowest BCUT2D eigenvalue weighted by Gasteiger charge is -1.99. The summed E-state index contributed by atoms with van der Waals surface area (Å²) in [6.45, 7) is 2.32. The van der Waals surface area contributed by atoms with Gasteiger partial charge in [-0.3, -0.25) is 0 Å². The van der Waals surface area contributed by atoms with Crippen LogP contribution in [0.2, 0.25) is 0 Å². The van der Waals surface area contributed by atoms with Gasteiger partial charge in [0.25, 0.3) is 0 Å². The predicted molar refractivity (Wildman–Crippen MR) is 58.4 cm³/mol. The van der Waals surface area contributed by atoms with Crippen LogP contribution in [0.25, 0.3) is 10.9 Å². The van der Waals surface area contributed by atoms with Crippen LogP contribution in [0.3, 0.4) is 0 Å². The fourth-order valence-corrected chi connectivity index (χ4v) is 2.03. The highest BCUT2D eigenvalue weighted by atomic mass is 16.2. The minimum absolute atomic E-state index is 0.217. The molecule has 0 atom stereocenters. The Kier molecular flexibility index (Phi) is 2.30. The number of aryl methyl sites for hydroxylation is 1. The Morgan fingerprint density at radius 1 is 1.29 bits per heavy atom. The molecule has 0 aliphatic heterocycles. The number of nitrogens with zero attached hydrogens (tertiary/aromatic N) is 1. The van der Waals surface area contributed by atoms with Gasteiger partial charge in [-0.05, 0) is 25.0 Å². The Morgan fingerprint density at radius 3 is 2.71 bits per heavy atom. The first-order valence-corrected chi connectivity index (χ1v) is 4.89. The average molecular weight is 189 g/mol. The van der Waals surface area contributed by atoms with Crippen molar-refractivity contribution in [3.05, 3.63) is 35.5 Å². The van der Waals surface area contributed by atoms with E-state index in [1.165, 1.54) is 22.2 Å². The van der Waals surface area contributed by atoms with Gasteiger partial charge >= 0.3 is 0 Å². The smallest absolute Gasteiger partial charge is 0.0482 e. The van der Waals surface area contributed by atoms with Crippen molar-refractivity contribution in [2.45, 2.75) is 13.3 Å². The molecule has 0 aliphatic carbocycles. The molecule has 2 rings (SSSR count). The van der Waals surface area contributed by atoms with Crippen LogP contribution in [0.1, 0.15) is 11.3 Å². The van der Waals surface area contributed by atoms with Gasteiger partial charge in [0, 0.05) is 30.3 Å². The summed E-state index contributed by atoms with van der Waals surface area (Å²) in [7, 11) is 2.07. The summed E-state index contributed by atoms with van der Waals surface area (Å²) in [5.41, 5.74) is 3.76. The molecular formula is C12H15NO. The Morgan fingerprint density at radius 2 is 2.00 bits per heavy atom. The van der Waals surface area contributed by atoms with Gasteiger partial charge in [-0.25, -0.2) is 0 Å². The zero-order chi connectivity index (χ0) is 10.1. The van der Waals surface area contributed by atoms with Crippen LogP contribution < -0.4 is 0 Å². The highest BCUT2D eigenvalue weighted by molar-refractivity contribution is 5.85.